The molecule has 1 fully saturated rings. The summed E-state index contributed by atoms with van der Waals surface area (Å²) in [4.78, 5) is 17.5. The Hall–Kier alpha value is -2.81. The summed E-state index contributed by atoms with van der Waals surface area (Å²) in [5.74, 6) is -5.15. The topological polar surface area (TPSA) is 62.2 Å². The number of amides is 1. The summed E-state index contributed by atoms with van der Waals surface area (Å²) in [6.07, 6.45) is 4.59. The Morgan fingerprint density at radius 1 is 1.22 bits per heavy atom. The standard InChI is InChI=1S/C27H24ClF3N2O2S/c1-14-13-32-7-6-20(14)27(35)15(2)8-19(9-16(27)3)36-24-10-17(4-5-21(24)28)26(34)33-18-11-22(29)25(31)23(30)12-18/h4-7,10-13,16,19,35H,2,8-9H2,1,3H3,(H,33,34)/t16?,19-,27-/m0/s1. The van der Waals surface area contributed by atoms with Crippen molar-refractivity contribution in [3.05, 3.63) is 100 Å². The molecule has 36 heavy (non-hydrogen) atoms. The van der Waals surface area contributed by atoms with Crippen molar-refractivity contribution in [1.29, 1.82) is 0 Å². The number of hydrogen-bond donors (Lipinski definition) is 2. The van der Waals surface area contributed by atoms with Crippen molar-refractivity contribution in [3.63, 3.8) is 0 Å². The van der Waals surface area contributed by atoms with Gasteiger partial charge in [-0.1, -0.05) is 25.1 Å². The lowest BCUT2D eigenvalue weighted by atomic mass is 9.69. The van der Waals surface area contributed by atoms with Gasteiger partial charge in [0, 0.05) is 45.9 Å². The number of carbonyl (C=O) groups is 1. The van der Waals surface area contributed by atoms with Crippen LogP contribution >= 0.6 is 23.4 Å². The Labute approximate surface area is 216 Å². The van der Waals surface area contributed by atoms with Crippen LogP contribution < -0.4 is 5.32 Å². The molecule has 0 saturated heterocycles. The third kappa shape index (κ3) is 5.03. The van der Waals surface area contributed by atoms with Crippen molar-refractivity contribution in [2.45, 2.75) is 42.4 Å². The molecule has 1 aliphatic carbocycles. The molecule has 0 spiro atoms. The zero-order valence-corrected chi connectivity index (χ0v) is 21.2. The van der Waals surface area contributed by atoms with Gasteiger partial charge in [0.05, 0.1) is 5.02 Å². The van der Waals surface area contributed by atoms with Gasteiger partial charge in [-0.2, -0.15) is 0 Å². The first-order valence-electron chi connectivity index (χ1n) is 11.2. The summed E-state index contributed by atoms with van der Waals surface area (Å²) in [6, 6.07) is 7.90. The second-order valence-electron chi connectivity index (χ2n) is 8.99. The van der Waals surface area contributed by atoms with Gasteiger partial charge in [0.2, 0.25) is 0 Å². The van der Waals surface area contributed by atoms with E-state index in [1.54, 1.807) is 24.5 Å². The molecule has 9 heteroatoms. The van der Waals surface area contributed by atoms with Crippen LogP contribution in [0.1, 0.15) is 41.3 Å². The van der Waals surface area contributed by atoms with E-state index in [0.717, 1.165) is 11.1 Å². The molecule has 4 rings (SSSR count). The average Bonchev–Trinajstić information content (AvgIpc) is 2.82. The molecule has 3 aromatic rings. The third-order valence-electron chi connectivity index (χ3n) is 6.50. The predicted octanol–water partition coefficient (Wildman–Crippen LogP) is 7.05. The van der Waals surface area contributed by atoms with Crippen molar-refractivity contribution in [2.24, 2.45) is 5.92 Å². The van der Waals surface area contributed by atoms with E-state index in [1.807, 2.05) is 19.9 Å². The summed E-state index contributed by atoms with van der Waals surface area (Å²) < 4.78 is 40.2. The van der Waals surface area contributed by atoms with Gasteiger partial charge in [-0.25, -0.2) is 13.2 Å². The van der Waals surface area contributed by atoms with E-state index >= 15 is 0 Å². The van der Waals surface area contributed by atoms with Gasteiger partial charge in [-0.15, -0.1) is 11.8 Å². The number of pyridine rings is 1. The number of nitrogens with zero attached hydrogens (tertiary/aromatic N) is 1. The molecule has 1 amide bonds. The van der Waals surface area contributed by atoms with Gasteiger partial charge in [-0.3, -0.25) is 9.78 Å². The fourth-order valence-corrected chi connectivity index (χ4v) is 6.27. The number of carbonyl (C=O) groups excluding carboxylic acids is 1. The van der Waals surface area contributed by atoms with Crippen molar-refractivity contribution >= 4 is 35.0 Å². The van der Waals surface area contributed by atoms with Crippen molar-refractivity contribution in [3.8, 4) is 0 Å². The number of aromatic nitrogens is 1. The van der Waals surface area contributed by atoms with Crippen LogP contribution in [0.5, 0.6) is 0 Å². The van der Waals surface area contributed by atoms with Gasteiger partial charge in [0.15, 0.2) is 17.5 Å². The summed E-state index contributed by atoms with van der Waals surface area (Å²) in [6.45, 7) is 8.08. The molecule has 1 saturated carbocycles. The molecule has 1 heterocycles. The summed E-state index contributed by atoms with van der Waals surface area (Å²) in [7, 11) is 0. The fraction of sp³-hybridized carbons (Fsp3) is 0.259. The Kier molecular flexibility index (Phi) is 7.50. The smallest absolute Gasteiger partial charge is 0.255 e. The number of aryl methyl sites for hydroxylation is 1. The molecular formula is C27H24ClF3N2O2S. The second kappa shape index (κ2) is 10.3. The van der Waals surface area contributed by atoms with Gasteiger partial charge in [0.25, 0.3) is 5.91 Å². The Morgan fingerprint density at radius 2 is 1.92 bits per heavy atom. The van der Waals surface area contributed by atoms with Gasteiger partial charge in [-0.05, 0) is 66.6 Å². The minimum Gasteiger partial charge on any atom is -0.380 e. The van der Waals surface area contributed by atoms with Crippen LogP contribution in [-0.2, 0) is 5.60 Å². The van der Waals surface area contributed by atoms with Gasteiger partial charge < -0.3 is 10.4 Å². The van der Waals surface area contributed by atoms with Crippen LogP contribution in [0.2, 0.25) is 5.02 Å². The maximum Gasteiger partial charge on any atom is 0.255 e. The van der Waals surface area contributed by atoms with E-state index < -0.39 is 29.0 Å². The van der Waals surface area contributed by atoms with E-state index in [1.165, 1.54) is 17.8 Å². The molecule has 2 aromatic carbocycles. The van der Waals surface area contributed by atoms with E-state index in [9.17, 15) is 23.1 Å². The van der Waals surface area contributed by atoms with Crippen LogP contribution in [0, 0.1) is 30.3 Å². The van der Waals surface area contributed by atoms with Gasteiger partial charge in [0.1, 0.15) is 5.60 Å². The largest absolute Gasteiger partial charge is 0.380 e. The maximum absolute atomic E-state index is 13.5. The highest BCUT2D eigenvalue weighted by Crippen LogP contribution is 2.49. The van der Waals surface area contributed by atoms with Crippen LogP contribution in [0.3, 0.4) is 0 Å². The molecule has 0 radical (unpaired) electrons. The summed E-state index contributed by atoms with van der Waals surface area (Å²) in [5, 5.41) is 14.5. The number of thioether (sulfide) groups is 1. The number of rotatable bonds is 5. The van der Waals surface area contributed by atoms with Crippen molar-refractivity contribution < 1.29 is 23.1 Å². The molecular weight excluding hydrogens is 509 g/mol. The molecule has 3 atom stereocenters. The normalized spacial score (nSPS) is 21.9. The highest BCUT2D eigenvalue weighted by atomic mass is 35.5. The number of hydrogen-bond acceptors (Lipinski definition) is 4. The first-order valence-corrected chi connectivity index (χ1v) is 12.5. The molecule has 4 nitrogen and oxygen atoms in total. The molecule has 188 valence electrons. The monoisotopic (exact) mass is 532 g/mol. The van der Waals surface area contributed by atoms with Crippen LogP contribution in [0.15, 0.2) is 65.8 Å². The van der Waals surface area contributed by atoms with E-state index in [2.05, 4.69) is 16.9 Å². The molecule has 1 aromatic heterocycles. The number of nitrogens with one attached hydrogen (secondary N) is 1. The Balaban J connectivity index is 1.51. The highest BCUT2D eigenvalue weighted by molar-refractivity contribution is 8.00. The quantitative estimate of drug-likeness (QED) is 0.273. The lowest BCUT2D eigenvalue weighted by Crippen LogP contribution is -2.42. The van der Waals surface area contributed by atoms with Crippen LogP contribution in [-0.4, -0.2) is 21.2 Å². The average molecular weight is 533 g/mol. The fourth-order valence-electron chi connectivity index (χ4n) is 4.62. The number of anilines is 1. The Morgan fingerprint density at radius 3 is 2.56 bits per heavy atom. The lowest BCUT2D eigenvalue weighted by Gasteiger charge is -2.44. The molecule has 2 N–H and O–H groups in total. The molecule has 0 aliphatic heterocycles. The van der Waals surface area contributed by atoms with Crippen molar-refractivity contribution in [2.75, 3.05) is 5.32 Å². The predicted molar refractivity (Wildman–Crippen MR) is 136 cm³/mol. The minimum atomic E-state index is -1.60. The molecule has 1 aliphatic rings. The van der Waals surface area contributed by atoms with E-state index in [-0.39, 0.29) is 22.4 Å². The van der Waals surface area contributed by atoms with Crippen LogP contribution in [0.4, 0.5) is 18.9 Å². The number of benzene rings is 2. The summed E-state index contributed by atoms with van der Waals surface area (Å²) >= 11 is 7.89. The van der Waals surface area contributed by atoms with Gasteiger partial charge >= 0.3 is 0 Å². The van der Waals surface area contributed by atoms with E-state index in [4.69, 9.17) is 11.6 Å². The van der Waals surface area contributed by atoms with Crippen LogP contribution in [0.25, 0.3) is 0 Å². The zero-order chi connectivity index (χ0) is 26.2. The lowest BCUT2D eigenvalue weighted by molar-refractivity contribution is 0.000864. The number of halogens is 4. The maximum atomic E-state index is 13.5. The molecule has 0 bridgehead atoms. The zero-order valence-electron chi connectivity index (χ0n) is 19.6. The third-order valence-corrected chi connectivity index (χ3v) is 8.23. The molecule has 1 unspecified atom stereocenters. The first kappa shape index (κ1) is 26.3. The Bertz CT molecular complexity index is 1330. The summed E-state index contributed by atoms with van der Waals surface area (Å²) in [5.41, 5.74) is 1.22. The SMILES string of the molecule is C=C1C[C@H](Sc2cc(C(=O)Nc3cc(F)c(F)c(F)c3)ccc2Cl)CC(C)[C@]1(O)c1ccncc1C. The minimum absolute atomic E-state index is 0.0472. The highest BCUT2D eigenvalue weighted by Gasteiger charge is 2.44. The van der Waals surface area contributed by atoms with Crippen molar-refractivity contribution in [1.82, 2.24) is 4.98 Å². The first-order chi connectivity index (χ1) is 17.0. The second-order valence-corrected chi connectivity index (χ2v) is 10.7. The van der Waals surface area contributed by atoms with E-state index in [0.29, 0.717) is 40.5 Å². The number of aliphatic hydroxyl groups is 1.